The van der Waals surface area contributed by atoms with Gasteiger partial charge in [-0.2, -0.15) is 0 Å². The molecule has 1 heterocycles. The molecule has 0 unspecified atom stereocenters. The molecule has 0 fully saturated rings. The summed E-state index contributed by atoms with van der Waals surface area (Å²) in [6, 6.07) is 3.21. The van der Waals surface area contributed by atoms with Gasteiger partial charge in [0.05, 0.1) is 0 Å². The molecule has 0 radical (unpaired) electrons. The van der Waals surface area contributed by atoms with E-state index < -0.39 is 10.0 Å². The van der Waals surface area contributed by atoms with Crippen molar-refractivity contribution in [2.24, 2.45) is 5.92 Å². The van der Waals surface area contributed by atoms with Gasteiger partial charge in [0.15, 0.2) is 0 Å². The smallest absolute Gasteiger partial charge is 0.242 e. The van der Waals surface area contributed by atoms with E-state index in [9.17, 15) is 8.42 Å². The maximum Gasteiger partial charge on any atom is 0.242 e. The predicted octanol–water partition coefficient (Wildman–Crippen LogP) is 1.45. The fourth-order valence-electron chi connectivity index (χ4n) is 1.18. The van der Waals surface area contributed by atoms with Crippen LogP contribution in [0.15, 0.2) is 23.2 Å². The summed E-state index contributed by atoms with van der Waals surface area (Å²) in [6.45, 7) is 7.04. The van der Waals surface area contributed by atoms with Gasteiger partial charge in [0, 0.05) is 19.3 Å². The van der Waals surface area contributed by atoms with Gasteiger partial charge >= 0.3 is 0 Å². The lowest BCUT2D eigenvalue weighted by Crippen LogP contribution is -2.27. The van der Waals surface area contributed by atoms with Crippen LogP contribution in [0.1, 0.15) is 20.8 Å². The lowest BCUT2D eigenvalue weighted by molar-refractivity contribution is 0.560. The van der Waals surface area contributed by atoms with Crippen molar-refractivity contribution in [1.29, 1.82) is 0 Å². The van der Waals surface area contributed by atoms with E-state index in [2.05, 4.69) is 15.0 Å². The molecule has 96 valence electrons. The Morgan fingerprint density at radius 1 is 1.35 bits per heavy atom. The number of anilines is 1. The maximum atomic E-state index is 11.8. The summed E-state index contributed by atoms with van der Waals surface area (Å²) in [4.78, 5) is 4.23. The molecule has 0 spiro atoms. The number of hydrogen-bond donors (Lipinski definition) is 2. The quantitative estimate of drug-likeness (QED) is 0.809. The highest BCUT2D eigenvalue weighted by Crippen LogP contribution is 2.10. The third-order valence-corrected chi connectivity index (χ3v) is 3.49. The molecule has 5 nitrogen and oxygen atoms in total. The van der Waals surface area contributed by atoms with Crippen molar-refractivity contribution in [2.45, 2.75) is 25.7 Å². The van der Waals surface area contributed by atoms with Gasteiger partial charge in [0.2, 0.25) is 10.0 Å². The molecule has 0 saturated carbocycles. The summed E-state index contributed by atoms with van der Waals surface area (Å²) in [5.41, 5.74) is 0. The van der Waals surface area contributed by atoms with Gasteiger partial charge in [0.25, 0.3) is 0 Å². The van der Waals surface area contributed by atoms with Crippen LogP contribution in [0, 0.1) is 5.92 Å². The van der Waals surface area contributed by atoms with E-state index in [1.807, 2.05) is 20.8 Å². The molecule has 6 heteroatoms. The van der Waals surface area contributed by atoms with Crippen LogP contribution in [0.3, 0.4) is 0 Å². The highest BCUT2D eigenvalue weighted by molar-refractivity contribution is 7.89. The second-order valence-electron chi connectivity index (χ2n) is 4.16. The Kier molecular flexibility index (Phi) is 4.89. The first-order valence-electron chi connectivity index (χ1n) is 5.65. The van der Waals surface area contributed by atoms with Gasteiger partial charge < -0.3 is 5.32 Å². The zero-order valence-corrected chi connectivity index (χ0v) is 11.2. The van der Waals surface area contributed by atoms with Gasteiger partial charge in [-0.3, -0.25) is 0 Å². The van der Waals surface area contributed by atoms with E-state index in [0.717, 1.165) is 6.54 Å². The fourth-order valence-corrected chi connectivity index (χ4v) is 2.34. The minimum absolute atomic E-state index is 0.194. The minimum Gasteiger partial charge on any atom is -0.370 e. The van der Waals surface area contributed by atoms with E-state index >= 15 is 0 Å². The zero-order chi connectivity index (χ0) is 12.9. The summed E-state index contributed by atoms with van der Waals surface area (Å²) in [7, 11) is -3.43. The first kappa shape index (κ1) is 13.9. The largest absolute Gasteiger partial charge is 0.370 e. The van der Waals surface area contributed by atoms with Crippen molar-refractivity contribution in [2.75, 3.05) is 18.4 Å². The van der Waals surface area contributed by atoms with Crippen LogP contribution in [0.4, 0.5) is 5.82 Å². The molecule has 0 aliphatic rings. The topological polar surface area (TPSA) is 71.1 Å². The van der Waals surface area contributed by atoms with Crippen LogP contribution in [-0.4, -0.2) is 26.5 Å². The maximum absolute atomic E-state index is 11.8. The third kappa shape index (κ3) is 4.32. The molecular weight excluding hydrogens is 238 g/mol. The number of pyridine rings is 1. The van der Waals surface area contributed by atoms with Crippen molar-refractivity contribution in [3.05, 3.63) is 18.3 Å². The number of hydrogen-bond acceptors (Lipinski definition) is 4. The summed E-state index contributed by atoms with van der Waals surface area (Å²) >= 11 is 0. The van der Waals surface area contributed by atoms with Gasteiger partial charge in [-0.25, -0.2) is 18.1 Å². The Labute approximate surface area is 103 Å². The van der Waals surface area contributed by atoms with Crippen LogP contribution >= 0.6 is 0 Å². The van der Waals surface area contributed by atoms with Crippen LogP contribution in [0.5, 0.6) is 0 Å². The van der Waals surface area contributed by atoms with Crippen LogP contribution in [-0.2, 0) is 10.0 Å². The fraction of sp³-hybridized carbons (Fsp3) is 0.545. The molecular formula is C11H19N3O2S. The average Bonchev–Trinajstić information content (AvgIpc) is 2.28. The monoisotopic (exact) mass is 257 g/mol. The Morgan fingerprint density at radius 3 is 2.53 bits per heavy atom. The van der Waals surface area contributed by atoms with Crippen LogP contribution in [0.2, 0.25) is 0 Å². The zero-order valence-electron chi connectivity index (χ0n) is 10.4. The van der Waals surface area contributed by atoms with Crippen molar-refractivity contribution in [3.63, 3.8) is 0 Å². The Hall–Kier alpha value is -1.14. The summed E-state index contributed by atoms with van der Waals surface area (Å²) in [6.07, 6.45) is 1.36. The molecule has 0 aliphatic carbocycles. The Bertz CT molecular complexity index is 440. The molecule has 1 aromatic heterocycles. The number of aromatic nitrogens is 1. The first-order chi connectivity index (χ1) is 7.95. The Morgan fingerprint density at radius 2 is 2.06 bits per heavy atom. The number of rotatable bonds is 6. The molecule has 2 N–H and O–H groups in total. The summed E-state index contributed by atoms with van der Waals surface area (Å²) < 4.78 is 26.2. The minimum atomic E-state index is -3.43. The van der Waals surface area contributed by atoms with Gasteiger partial charge in [0.1, 0.15) is 10.7 Å². The highest BCUT2D eigenvalue weighted by atomic mass is 32.2. The molecule has 0 aliphatic heterocycles. The summed E-state index contributed by atoms with van der Waals surface area (Å²) in [5, 5.41) is 3.01. The Balaban J connectivity index is 2.77. The van der Waals surface area contributed by atoms with E-state index in [4.69, 9.17) is 0 Å². The lowest BCUT2D eigenvalue weighted by atomic mass is 10.2. The van der Waals surface area contributed by atoms with E-state index in [0.29, 0.717) is 12.4 Å². The second-order valence-corrected chi connectivity index (χ2v) is 5.92. The van der Waals surface area contributed by atoms with E-state index in [1.54, 1.807) is 12.1 Å². The molecule has 0 amide bonds. The van der Waals surface area contributed by atoms with Crippen LogP contribution in [0.25, 0.3) is 0 Å². The predicted molar refractivity (Wildman–Crippen MR) is 68.4 cm³/mol. The molecule has 0 saturated heterocycles. The summed E-state index contributed by atoms with van der Waals surface area (Å²) in [5.74, 6) is 0.953. The van der Waals surface area contributed by atoms with Gasteiger partial charge in [-0.05, 0) is 25.0 Å². The average molecular weight is 257 g/mol. The molecule has 1 rings (SSSR count). The molecule has 0 aromatic carbocycles. The van der Waals surface area contributed by atoms with Crippen molar-refractivity contribution < 1.29 is 8.42 Å². The van der Waals surface area contributed by atoms with Gasteiger partial charge in [-0.15, -0.1) is 0 Å². The van der Waals surface area contributed by atoms with Gasteiger partial charge in [-0.1, -0.05) is 13.8 Å². The molecule has 17 heavy (non-hydrogen) atoms. The SMILES string of the molecule is CCNc1ccc(S(=O)(=O)NCC(C)C)cn1. The number of sulfonamides is 1. The lowest BCUT2D eigenvalue weighted by Gasteiger charge is -2.09. The first-order valence-corrected chi connectivity index (χ1v) is 7.13. The molecule has 0 atom stereocenters. The van der Waals surface area contributed by atoms with E-state index in [-0.39, 0.29) is 10.8 Å². The third-order valence-electron chi connectivity index (χ3n) is 2.09. The number of nitrogens with zero attached hydrogens (tertiary/aromatic N) is 1. The highest BCUT2D eigenvalue weighted by Gasteiger charge is 2.14. The van der Waals surface area contributed by atoms with Crippen molar-refractivity contribution in [1.82, 2.24) is 9.71 Å². The standard InChI is InChI=1S/C11H19N3O2S/c1-4-12-11-6-5-10(8-13-11)17(15,16)14-7-9(2)3/h5-6,8-9,14H,4,7H2,1-3H3,(H,12,13). The molecule has 0 bridgehead atoms. The molecule has 1 aromatic rings. The van der Waals surface area contributed by atoms with Crippen molar-refractivity contribution in [3.8, 4) is 0 Å². The number of nitrogens with one attached hydrogen (secondary N) is 2. The van der Waals surface area contributed by atoms with Crippen LogP contribution < -0.4 is 10.0 Å². The van der Waals surface area contributed by atoms with Crippen molar-refractivity contribution >= 4 is 15.8 Å². The normalized spacial score (nSPS) is 11.8. The van der Waals surface area contributed by atoms with E-state index in [1.165, 1.54) is 6.20 Å². The second kappa shape index (κ2) is 5.97.